The molecule has 2 aliphatic rings. The molecule has 0 aromatic rings. The van der Waals surface area contributed by atoms with E-state index in [-0.39, 0.29) is 5.41 Å². The first-order valence-corrected chi connectivity index (χ1v) is 5.80. The highest BCUT2D eigenvalue weighted by Gasteiger charge is 2.29. The number of allylic oxidation sites excluding steroid dienone is 2. The van der Waals surface area contributed by atoms with Crippen LogP contribution in [0.2, 0.25) is 0 Å². The van der Waals surface area contributed by atoms with Crippen LogP contribution < -0.4 is 5.32 Å². The molecule has 0 amide bonds. The SMILES string of the molecule is CC1(C)C=C(N2CCNCC2)C(=O)CC1. The fraction of sp³-hybridized carbons (Fsp3) is 0.750. The molecule has 3 heteroatoms. The molecule has 0 radical (unpaired) electrons. The van der Waals surface area contributed by atoms with Crippen molar-refractivity contribution in [2.24, 2.45) is 5.41 Å². The molecule has 0 spiro atoms. The van der Waals surface area contributed by atoms with Crippen LogP contribution in [-0.4, -0.2) is 36.9 Å². The number of carbonyl (C=O) groups excluding carboxylic acids is 1. The van der Waals surface area contributed by atoms with Crippen molar-refractivity contribution in [2.45, 2.75) is 26.7 Å². The summed E-state index contributed by atoms with van der Waals surface area (Å²) in [6, 6.07) is 0. The Hall–Kier alpha value is -0.830. The second-order valence-corrected chi connectivity index (χ2v) is 5.18. The molecule has 0 saturated carbocycles. The summed E-state index contributed by atoms with van der Waals surface area (Å²) in [5.74, 6) is 0.330. The minimum atomic E-state index is 0.189. The molecule has 1 saturated heterocycles. The fourth-order valence-electron chi connectivity index (χ4n) is 2.26. The second kappa shape index (κ2) is 3.97. The van der Waals surface area contributed by atoms with Crippen LogP contribution in [0.25, 0.3) is 0 Å². The van der Waals surface area contributed by atoms with E-state index in [0.29, 0.717) is 12.2 Å². The highest BCUT2D eigenvalue weighted by Crippen LogP contribution is 2.32. The van der Waals surface area contributed by atoms with Crippen LogP contribution in [-0.2, 0) is 4.79 Å². The van der Waals surface area contributed by atoms with Gasteiger partial charge in [-0.05, 0) is 11.8 Å². The Kier molecular flexibility index (Phi) is 2.83. The summed E-state index contributed by atoms with van der Waals surface area (Å²) in [5, 5.41) is 3.31. The lowest BCUT2D eigenvalue weighted by molar-refractivity contribution is -0.118. The van der Waals surface area contributed by atoms with Crippen LogP contribution in [0.1, 0.15) is 26.7 Å². The van der Waals surface area contributed by atoms with Gasteiger partial charge in [-0.15, -0.1) is 0 Å². The number of ketones is 1. The zero-order valence-electron chi connectivity index (χ0n) is 9.68. The lowest BCUT2D eigenvalue weighted by Crippen LogP contribution is -2.45. The molecule has 0 bridgehead atoms. The maximum atomic E-state index is 11.9. The highest BCUT2D eigenvalue weighted by molar-refractivity contribution is 5.95. The van der Waals surface area contributed by atoms with Gasteiger partial charge in [-0.25, -0.2) is 0 Å². The molecular formula is C12H20N2O. The third-order valence-electron chi connectivity index (χ3n) is 3.27. The van der Waals surface area contributed by atoms with Crippen molar-refractivity contribution < 1.29 is 4.79 Å². The predicted octanol–water partition coefficient (Wildman–Crippen LogP) is 1.16. The van der Waals surface area contributed by atoms with Gasteiger partial charge in [-0.2, -0.15) is 0 Å². The van der Waals surface area contributed by atoms with Crippen molar-refractivity contribution in [1.82, 2.24) is 10.2 Å². The Morgan fingerprint density at radius 1 is 1.33 bits per heavy atom. The molecule has 0 unspecified atom stereocenters. The third-order valence-corrected chi connectivity index (χ3v) is 3.27. The molecule has 0 aromatic heterocycles. The van der Waals surface area contributed by atoms with Crippen molar-refractivity contribution in [3.8, 4) is 0 Å². The molecule has 15 heavy (non-hydrogen) atoms. The second-order valence-electron chi connectivity index (χ2n) is 5.18. The Bertz CT molecular complexity index is 288. The van der Waals surface area contributed by atoms with Crippen LogP contribution >= 0.6 is 0 Å². The van der Waals surface area contributed by atoms with Crippen LogP contribution in [0.4, 0.5) is 0 Å². The van der Waals surface area contributed by atoms with E-state index in [1.165, 1.54) is 0 Å². The van der Waals surface area contributed by atoms with Gasteiger partial charge >= 0.3 is 0 Å². The molecule has 1 aliphatic carbocycles. The molecule has 3 nitrogen and oxygen atoms in total. The van der Waals surface area contributed by atoms with Crippen LogP contribution in [0.15, 0.2) is 11.8 Å². The van der Waals surface area contributed by atoms with E-state index >= 15 is 0 Å². The zero-order chi connectivity index (χ0) is 10.9. The lowest BCUT2D eigenvalue weighted by atomic mass is 9.80. The molecule has 0 atom stereocenters. The van der Waals surface area contributed by atoms with Gasteiger partial charge in [0.1, 0.15) is 0 Å². The molecular weight excluding hydrogens is 188 g/mol. The Balaban J connectivity index is 2.17. The van der Waals surface area contributed by atoms with Crippen molar-refractivity contribution in [3.63, 3.8) is 0 Å². The van der Waals surface area contributed by atoms with E-state index in [1.54, 1.807) is 0 Å². The van der Waals surface area contributed by atoms with Gasteiger partial charge in [-0.3, -0.25) is 4.79 Å². The van der Waals surface area contributed by atoms with Gasteiger partial charge in [0.05, 0.1) is 5.70 Å². The van der Waals surface area contributed by atoms with Crippen molar-refractivity contribution >= 4 is 5.78 Å². The summed E-state index contributed by atoms with van der Waals surface area (Å²) in [5.41, 5.74) is 1.15. The fourth-order valence-corrected chi connectivity index (χ4v) is 2.26. The number of hydrogen-bond donors (Lipinski definition) is 1. The monoisotopic (exact) mass is 208 g/mol. The minimum Gasteiger partial charge on any atom is -0.366 e. The molecule has 1 aliphatic heterocycles. The van der Waals surface area contributed by atoms with Crippen LogP contribution in [0.3, 0.4) is 0 Å². The van der Waals surface area contributed by atoms with Gasteiger partial charge in [0.25, 0.3) is 0 Å². The van der Waals surface area contributed by atoms with E-state index < -0.39 is 0 Å². The minimum absolute atomic E-state index is 0.189. The summed E-state index contributed by atoms with van der Waals surface area (Å²) >= 11 is 0. The quantitative estimate of drug-likeness (QED) is 0.702. The summed E-state index contributed by atoms with van der Waals surface area (Å²) in [4.78, 5) is 14.1. The molecule has 2 rings (SSSR count). The van der Waals surface area contributed by atoms with Gasteiger partial charge in [0.15, 0.2) is 5.78 Å². The summed E-state index contributed by atoms with van der Waals surface area (Å²) in [7, 11) is 0. The highest BCUT2D eigenvalue weighted by atomic mass is 16.1. The molecule has 0 aromatic carbocycles. The topological polar surface area (TPSA) is 32.3 Å². The van der Waals surface area contributed by atoms with E-state index in [1.807, 2.05) is 0 Å². The Morgan fingerprint density at radius 2 is 2.00 bits per heavy atom. The summed E-state index contributed by atoms with van der Waals surface area (Å²) < 4.78 is 0. The average Bonchev–Trinajstić information content (AvgIpc) is 2.23. The Morgan fingerprint density at radius 3 is 2.67 bits per heavy atom. The number of Topliss-reactive ketones (excluding diaryl/α,β-unsaturated/α-hetero) is 1. The van der Waals surface area contributed by atoms with E-state index in [9.17, 15) is 4.79 Å². The Labute approximate surface area is 91.5 Å². The normalized spacial score (nSPS) is 26.4. The van der Waals surface area contributed by atoms with Gasteiger partial charge < -0.3 is 10.2 Å². The lowest BCUT2D eigenvalue weighted by Gasteiger charge is -2.35. The summed E-state index contributed by atoms with van der Waals surface area (Å²) in [6.45, 7) is 8.33. The van der Waals surface area contributed by atoms with Crippen molar-refractivity contribution in [3.05, 3.63) is 11.8 Å². The first-order valence-electron chi connectivity index (χ1n) is 5.80. The predicted molar refractivity (Wildman–Crippen MR) is 60.5 cm³/mol. The van der Waals surface area contributed by atoms with E-state index in [0.717, 1.165) is 38.3 Å². The van der Waals surface area contributed by atoms with Gasteiger partial charge in [-0.1, -0.05) is 19.9 Å². The van der Waals surface area contributed by atoms with E-state index in [4.69, 9.17) is 0 Å². The molecule has 84 valence electrons. The molecule has 1 N–H and O–H groups in total. The number of carbonyl (C=O) groups is 1. The first-order chi connectivity index (χ1) is 7.08. The number of piperazine rings is 1. The smallest absolute Gasteiger partial charge is 0.178 e. The largest absolute Gasteiger partial charge is 0.366 e. The number of hydrogen-bond acceptors (Lipinski definition) is 3. The maximum Gasteiger partial charge on any atom is 0.178 e. The van der Waals surface area contributed by atoms with E-state index in [2.05, 4.69) is 30.1 Å². The van der Waals surface area contributed by atoms with Crippen LogP contribution in [0, 0.1) is 5.41 Å². The standard InChI is InChI=1S/C12H20N2O/c1-12(2)4-3-11(15)10(9-12)14-7-5-13-6-8-14/h9,13H,3-8H2,1-2H3. The van der Waals surface area contributed by atoms with Gasteiger partial charge in [0.2, 0.25) is 0 Å². The molecule has 1 heterocycles. The average molecular weight is 208 g/mol. The first kappa shape index (κ1) is 10.7. The van der Waals surface area contributed by atoms with Crippen molar-refractivity contribution in [2.75, 3.05) is 26.2 Å². The third kappa shape index (κ3) is 2.40. The van der Waals surface area contributed by atoms with Crippen molar-refractivity contribution in [1.29, 1.82) is 0 Å². The maximum absolute atomic E-state index is 11.9. The number of nitrogens with zero attached hydrogens (tertiary/aromatic N) is 1. The summed E-state index contributed by atoms with van der Waals surface area (Å²) in [6.07, 6.45) is 3.87. The zero-order valence-corrected chi connectivity index (χ0v) is 9.68. The van der Waals surface area contributed by atoms with Gasteiger partial charge in [0, 0.05) is 32.6 Å². The van der Waals surface area contributed by atoms with Crippen LogP contribution in [0.5, 0.6) is 0 Å². The number of rotatable bonds is 1. The molecule has 1 fully saturated rings. The number of nitrogens with one attached hydrogen (secondary N) is 1.